The van der Waals surface area contributed by atoms with E-state index in [2.05, 4.69) is 20.3 Å². The van der Waals surface area contributed by atoms with E-state index in [1.807, 2.05) is 44.2 Å². The second-order valence-corrected chi connectivity index (χ2v) is 4.95. The van der Waals surface area contributed by atoms with Crippen molar-refractivity contribution < 1.29 is 4.39 Å². The SMILES string of the molecule is CC(C)c1[nH]c2nc(Nc3ccccc3)ncc2c1F. The number of halogens is 1. The molecule has 2 heterocycles. The minimum atomic E-state index is -0.263. The Hall–Kier alpha value is -2.43. The minimum Gasteiger partial charge on any atom is -0.340 e. The van der Waals surface area contributed by atoms with Crippen molar-refractivity contribution in [3.05, 3.63) is 48.0 Å². The van der Waals surface area contributed by atoms with Crippen molar-refractivity contribution in [1.82, 2.24) is 15.0 Å². The van der Waals surface area contributed by atoms with Crippen LogP contribution in [0.5, 0.6) is 0 Å². The Morgan fingerprint density at radius 2 is 1.95 bits per heavy atom. The van der Waals surface area contributed by atoms with Gasteiger partial charge in [0.05, 0.1) is 11.1 Å². The zero-order valence-corrected chi connectivity index (χ0v) is 11.3. The van der Waals surface area contributed by atoms with Crippen LogP contribution in [0, 0.1) is 5.82 Å². The Morgan fingerprint density at radius 3 is 2.65 bits per heavy atom. The summed E-state index contributed by atoms with van der Waals surface area (Å²) in [7, 11) is 0. The first kappa shape index (κ1) is 12.6. The molecule has 0 unspecified atom stereocenters. The Balaban J connectivity index is 1.99. The molecule has 2 N–H and O–H groups in total. The fourth-order valence-electron chi connectivity index (χ4n) is 2.07. The van der Waals surface area contributed by atoms with Crippen LogP contribution in [0.2, 0.25) is 0 Å². The molecule has 0 aliphatic carbocycles. The number of para-hydroxylation sites is 1. The van der Waals surface area contributed by atoms with Gasteiger partial charge in [-0.25, -0.2) is 9.37 Å². The van der Waals surface area contributed by atoms with Gasteiger partial charge in [0.2, 0.25) is 5.95 Å². The number of nitrogens with one attached hydrogen (secondary N) is 2. The number of hydrogen-bond donors (Lipinski definition) is 2. The molecular weight excluding hydrogens is 255 g/mol. The quantitative estimate of drug-likeness (QED) is 0.757. The van der Waals surface area contributed by atoms with Crippen LogP contribution in [-0.4, -0.2) is 15.0 Å². The van der Waals surface area contributed by atoms with Crippen LogP contribution < -0.4 is 5.32 Å². The average molecular weight is 270 g/mol. The lowest BCUT2D eigenvalue weighted by atomic mass is 10.1. The van der Waals surface area contributed by atoms with Gasteiger partial charge in [-0.2, -0.15) is 4.98 Å². The number of aromatic amines is 1. The maximum absolute atomic E-state index is 14.1. The first-order valence-electron chi connectivity index (χ1n) is 6.51. The van der Waals surface area contributed by atoms with E-state index >= 15 is 0 Å². The summed E-state index contributed by atoms with van der Waals surface area (Å²) in [6.07, 6.45) is 1.51. The van der Waals surface area contributed by atoms with Gasteiger partial charge >= 0.3 is 0 Å². The summed E-state index contributed by atoms with van der Waals surface area (Å²) in [6.45, 7) is 3.87. The van der Waals surface area contributed by atoms with Crippen LogP contribution in [-0.2, 0) is 0 Å². The van der Waals surface area contributed by atoms with E-state index in [0.717, 1.165) is 5.69 Å². The molecule has 0 atom stereocenters. The lowest BCUT2D eigenvalue weighted by Gasteiger charge is -2.03. The van der Waals surface area contributed by atoms with E-state index < -0.39 is 0 Å². The zero-order valence-electron chi connectivity index (χ0n) is 11.3. The fourth-order valence-corrected chi connectivity index (χ4v) is 2.07. The lowest BCUT2D eigenvalue weighted by Crippen LogP contribution is -1.96. The number of hydrogen-bond acceptors (Lipinski definition) is 3. The fraction of sp³-hybridized carbons (Fsp3) is 0.200. The molecule has 20 heavy (non-hydrogen) atoms. The van der Waals surface area contributed by atoms with Crippen molar-refractivity contribution in [3.8, 4) is 0 Å². The molecule has 0 radical (unpaired) electrons. The summed E-state index contributed by atoms with van der Waals surface area (Å²) >= 11 is 0. The number of nitrogens with zero attached hydrogens (tertiary/aromatic N) is 2. The molecule has 0 amide bonds. The van der Waals surface area contributed by atoms with E-state index in [9.17, 15) is 4.39 Å². The maximum Gasteiger partial charge on any atom is 0.229 e. The molecule has 3 rings (SSSR count). The molecule has 102 valence electrons. The van der Waals surface area contributed by atoms with Gasteiger partial charge in [-0.15, -0.1) is 0 Å². The van der Waals surface area contributed by atoms with Gasteiger partial charge in [-0.1, -0.05) is 32.0 Å². The average Bonchev–Trinajstić information content (AvgIpc) is 2.77. The highest BCUT2D eigenvalue weighted by molar-refractivity contribution is 5.78. The van der Waals surface area contributed by atoms with Crippen molar-refractivity contribution in [3.63, 3.8) is 0 Å². The highest BCUT2D eigenvalue weighted by atomic mass is 19.1. The molecule has 1 aromatic carbocycles. The molecule has 3 aromatic rings. The van der Waals surface area contributed by atoms with Crippen molar-refractivity contribution >= 4 is 22.7 Å². The summed E-state index contributed by atoms with van der Waals surface area (Å²) in [5.41, 5.74) is 1.97. The van der Waals surface area contributed by atoms with E-state index in [0.29, 0.717) is 22.7 Å². The minimum absolute atomic E-state index is 0.0785. The maximum atomic E-state index is 14.1. The van der Waals surface area contributed by atoms with Crippen molar-refractivity contribution in [2.45, 2.75) is 19.8 Å². The molecule has 0 fully saturated rings. The molecule has 0 aliphatic heterocycles. The van der Waals surface area contributed by atoms with Gasteiger partial charge in [0.15, 0.2) is 5.82 Å². The monoisotopic (exact) mass is 270 g/mol. The molecule has 0 spiro atoms. The number of aromatic nitrogens is 3. The van der Waals surface area contributed by atoms with Crippen LogP contribution >= 0.6 is 0 Å². The number of fused-ring (bicyclic) bond motifs is 1. The standard InChI is InChI=1S/C15H15FN4/c1-9(2)13-12(16)11-8-17-15(20-14(11)19-13)18-10-6-4-3-5-7-10/h3-9H,1-2H3,(H2,17,18,19,20). The molecule has 0 bridgehead atoms. The second kappa shape index (κ2) is 4.92. The molecule has 0 aliphatic rings. The number of H-pyrrole nitrogens is 1. The van der Waals surface area contributed by atoms with Gasteiger partial charge in [0.25, 0.3) is 0 Å². The molecule has 4 nitrogen and oxygen atoms in total. The number of rotatable bonds is 3. The summed E-state index contributed by atoms with van der Waals surface area (Å²) in [6, 6.07) is 9.62. The molecule has 0 saturated carbocycles. The van der Waals surface area contributed by atoms with Gasteiger partial charge in [0, 0.05) is 11.9 Å². The molecule has 0 saturated heterocycles. The van der Waals surface area contributed by atoms with Gasteiger partial charge in [-0.05, 0) is 18.1 Å². The Morgan fingerprint density at radius 1 is 1.20 bits per heavy atom. The lowest BCUT2D eigenvalue weighted by molar-refractivity contribution is 0.605. The Bertz CT molecular complexity index is 734. The highest BCUT2D eigenvalue weighted by Gasteiger charge is 2.15. The first-order chi connectivity index (χ1) is 9.65. The van der Waals surface area contributed by atoms with Crippen molar-refractivity contribution in [1.29, 1.82) is 0 Å². The van der Waals surface area contributed by atoms with Crippen LogP contribution in [0.25, 0.3) is 11.0 Å². The summed E-state index contributed by atoms with van der Waals surface area (Å²) in [4.78, 5) is 11.5. The van der Waals surface area contributed by atoms with Crippen molar-refractivity contribution in [2.24, 2.45) is 0 Å². The molecule has 5 heteroatoms. The Labute approximate surface area is 116 Å². The topological polar surface area (TPSA) is 53.6 Å². The van der Waals surface area contributed by atoms with Gasteiger partial charge in [0.1, 0.15) is 5.65 Å². The third kappa shape index (κ3) is 2.22. The van der Waals surface area contributed by atoms with Gasteiger partial charge in [-0.3, -0.25) is 0 Å². The smallest absolute Gasteiger partial charge is 0.229 e. The third-order valence-corrected chi connectivity index (χ3v) is 3.12. The first-order valence-corrected chi connectivity index (χ1v) is 6.51. The second-order valence-electron chi connectivity index (χ2n) is 4.95. The van der Waals surface area contributed by atoms with E-state index in [4.69, 9.17) is 0 Å². The summed E-state index contributed by atoms with van der Waals surface area (Å²) in [5, 5.41) is 3.51. The van der Waals surface area contributed by atoms with Crippen molar-refractivity contribution in [2.75, 3.05) is 5.32 Å². The molecular formula is C15H15FN4. The number of benzene rings is 1. The van der Waals surface area contributed by atoms with Crippen LogP contribution in [0.15, 0.2) is 36.5 Å². The summed E-state index contributed by atoms with van der Waals surface area (Å²) in [5.74, 6) is 0.260. The largest absolute Gasteiger partial charge is 0.340 e. The van der Waals surface area contributed by atoms with Crippen LogP contribution in [0.4, 0.5) is 16.0 Å². The van der Waals surface area contributed by atoms with E-state index in [1.54, 1.807) is 0 Å². The van der Waals surface area contributed by atoms with Crippen LogP contribution in [0.1, 0.15) is 25.5 Å². The van der Waals surface area contributed by atoms with Crippen LogP contribution in [0.3, 0.4) is 0 Å². The van der Waals surface area contributed by atoms with Gasteiger partial charge < -0.3 is 10.3 Å². The Kier molecular flexibility index (Phi) is 3.10. The predicted molar refractivity (Wildman–Crippen MR) is 77.7 cm³/mol. The van der Waals surface area contributed by atoms with E-state index in [-0.39, 0.29) is 11.7 Å². The normalized spacial score (nSPS) is 11.2. The zero-order chi connectivity index (χ0) is 14.1. The molecule has 2 aromatic heterocycles. The summed E-state index contributed by atoms with van der Waals surface area (Å²) < 4.78 is 14.1. The third-order valence-electron chi connectivity index (χ3n) is 3.12. The number of anilines is 2. The highest BCUT2D eigenvalue weighted by Crippen LogP contribution is 2.25. The van der Waals surface area contributed by atoms with E-state index in [1.165, 1.54) is 6.20 Å². The predicted octanol–water partition coefficient (Wildman–Crippen LogP) is 3.96.